The molecule has 4 nitrogen and oxygen atoms in total. The van der Waals surface area contributed by atoms with Gasteiger partial charge in [0.05, 0.1) is 0 Å². The van der Waals surface area contributed by atoms with E-state index >= 15 is 0 Å². The van der Waals surface area contributed by atoms with Gasteiger partial charge in [-0.15, -0.1) is 10.2 Å². The van der Waals surface area contributed by atoms with Crippen molar-refractivity contribution in [3.05, 3.63) is 11.1 Å². The molecular weight excluding hydrogens is 214 g/mol. The summed E-state index contributed by atoms with van der Waals surface area (Å²) in [6, 6.07) is 0. The van der Waals surface area contributed by atoms with Gasteiger partial charge in [-0.05, 0) is 31.4 Å². The van der Waals surface area contributed by atoms with Gasteiger partial charge in [-0.2, -0.15) is 0 Å². The Balaban J connectivity index is 2.46. The molecule has 0 aliphatic heterocycles. The Bertz CT molecular complexity index is 288. The monoisotopic (exact) mass is 231 g/mol. The summed E-state index contributed by atoms with van der Waals surface area (Å²) >= 11 is 5.94. The highest BCUT2D eigenvalue weighted by molar-refractivity contribution is 6.28. The molecule has 1 aromatic rings. The Hall–Kier alpha value is -0.610. The van der Waals surface area contributed by atoms with Gasteiger partial charge < -0.3 is 9.30 Å². The molecule has 5 heteroatoms. The summed E-state index contributed by atoms with van der Waals surface area (Å²) in [5.74, 6) is 0.971. The van der Waals surface area contributed by atoms with Gasteiger partial charge in [0, 0.05) is 26.2 Å². The molecule has 0 radical (unpaired) electrons. The molecule has 0 N–H and O–H groups in total. The van der Waals surface area contributed by atoms with Crippen LogP contribution in [0.1, 0.15) is 32.5 Å². The van der Waals surface area contributed by atoms with Crippen molar-refractivity contribution in [1.29, 1.82) is 0 Å². The lowest BCUT2D eigenvalue weighted by Crippen LogP contribution is -2.07. The van der Waals surface area contributed by atoms with Crippen LogP contribution < -0.4 is 0 Å². The van der Waals surface area contributed by atoms with Crippen LogP contribution in [0.4, 0.5) is 0 Å². The largest absolute Gasteiger partial charge is 0.382 e. The van der Waals surface area contributed by atoms with E-state index in [-0.39, 0.29) is 0 Å². The first kappa shape index (κ1) is 12.5. The van der Waals surface area contributed by atoms with Gasteiger partial charge >= 0.3 is 0 Å². The van der Waals surface area contributed by atoms with Crippen LogP contribution in [0.25, 0.3) is 0 Å². The molecule has 0 saturated carbocycles. The van der Waals surface area contributed by atoms with Crippen molar-refractivity contribution < 1.29 is 4.74 Å². The third-order valence-electron chi connectivity index (χ3n) is 2.13. The normalized spacial score (nSPS) is 10.9. The molecule has 1 rings (SSSR count). The van der Waals surface area contributed by atoms with Crippen molar-refractivity contribution in [2.24, 2.45) is 0 Å². The number of halogens is 1. The van der Waals surface area contributed by atoms with Crippen LogP contribution in [0.5, 0.6) is 0 Å². The molecule has 0 spiro atoms. The molecule has 0 atom stereocenters. The number of hydrogen-bond acceptors (Lipinski definition) is 3. The van der Waals surface area contributed by atoms with Crippen LogP contribution in [-0.2, 0) is 17.7 Å². The minimum absolute atomic E-state index is 0.481. The summed E-state index contributed by atoms with van der Waals surface area (Å²) < 4.78 is 7.24. The second-order valence-corrected chi connectivity index (χ2v) is 3.68. The van der Waals surface area contributed by atoms with E-state index in [1.807, 2.05) is 11.5 Å². The van der Waals surface area contributed by atoms with E-state index in [0.29, 0.717) is 5.28 Å². The third kappa shape index (κ3) is 3.80. The first-order valence-electron chi connectivity index (χ1n) is 5.44. The van der Waals surface area contributed by atoms with Gasteiger partial charge in [-0.25, -0.2) is 0 Å². The maximum absolute atomic E-state index is 5.94. The molecular formula is C10H18ClN3O. The fourth-order valence-electron chi connectivity index (χ4n) is 1.41. The van der Waals surface area contributed by atoms with E-state index < -0.39 is 0 Å². The maximum atomic E-state index is 5.94. The molecule has 0 fully saturated rings. The van der Waals surface area contributed by atoms with Crippen molar-refractivity contribution >= 4 is 11.6 Å². The van der Waals surface area contributed by atoms with E-state index in [1.54, 1.807) is 0 Å². The number of hydrogen-bond donors (Lipinski definition) is 0. The molecule has 0 amide bonds. The Morgan fingerprint density at radius 2 is 2.13 bits per heavy atom. The molecule has 0 bridgehead atoms. The summed E-state index contributed by atoms with van der Waals surface area (Å²) in [7, 11) is 0. The van der Waals surface area contributed by atoms with Crippen LogP contribution in [0, 0.1) is 0 Å². The molecule has 0 aliphatic carbocycles. The van der Waals surface area contributed by atoms with Crippen molar-refractivity contribution in [1.82, 2.24) is 14.8 Å². The fraction of sp³-hybridized carbons (Fsp3) is 0.800. The minimum atomic E-state index is 0.481. The highest BCUT2D eigenvalue weighted by Gasteiger charge is 2.08. The van der Waals surface area contributed by atoms with Gasteiger partial charge in [0.1, 0.15) is 5.82 Å². The summed E-state index contributed by atoms with van der Waals surface area (Å²) in [4.78, 5) is 0. The molecule has 1 aromatic heterocycles. The quantitative estimate of drug-likeness (QED) is 0.676. The summed E-state index contributed by atoms with van der Waals surface area (Å²) in [5.41, 5.74) is 0. The van der Waals surface area contributed by atoms with Crippen LogP contribution in [-0.4, -0.2) is 28.0 Å². The molecule has 1 heterocycles. The first-order valence-corrected chi connectivity index (χ1v) is 5.82. The summed E-state index contributed by atoms with van der Waals surface area (Å²) in [5, 5.41) is 8.40. The van der Waals surface area contributed by atoms with Crippen molar-refractivity contribution in [3.63, 3.8) is 0 Å². The fourth-order valence-corrected chi connectivity index (χ4v) is 1.63. The molecule has 0 aliphatic rings. The highest BCUT2D eigenvalue weighted by atomic mass is 35.5. The smallest absolute Gasteiger partial charge is 0.225 e. The second kappa shape index (κ2) is 6.80. The summed E-state index contributed by atoms with van der Waals surface area (Å²) in [6.07, 6.45) is 2.93. The van der Waals surface area contributed by atoms with Gasteiger partial charge in [0.2, 0.25) is 5.28 Å². The molecule has 0 saturated heterocycles. The number of aryl methyl sites for hydroxylation is 1. The highest BCUT2D eigenvalue weighted by Crippen LogP contribution is 2.10. The van der Waals surface area contributed by atoms with Gasteiger partial charge in [-0.1, -0.05) is 6.92 Å². The average molecular weight is 232 g/mol. The number of nitrogens with zero attached hydrogens (tertiary/aromatic N) is 3. The Labute approximate surface area is 95.6 Å². The molecule has 86 valence electrons. The van der Waals surface area contributed by atoms with Crippen molar-refractivity contribution in [2.45, 2.75) is 39.7 Å². The predicted molar refractivity (Wildman–Crippen MR) is 60.1 cm³/mol. The maximum Gasteiger partial charge on any atom is 0.225 e. The topological polar surface area (TPSA) is 39.9 Å². The number of ether oxygens (including phenoxy) is 1. The SMILES string of the molecule is CCCc1nnc(Cl)n1CCCOCC. The zero-order valence-corrected chi connectivity index (χ0v) is 10.1. The number of aromatic nitrogens is 3. The lowest BCUT2D eigenvalue weighted by Gasteiger charge is -2.06. The lowest BCUT2D eigenvalue weighted by molar-refractivity contribution is 0.141. The Morgan fingerprint density at radius 1 is 1.33 bits per heavy atom. The zero-order valence-electron chi connectivity index (χ0n) is 9.37. The summed E-state index contributed by atoms with van der Waals surface area (Å²) in [6.45, 7) is 6.47. The Kier molecular flexibility index (Phi) is 5.65. The predicted octanol–water partition coefficient (Wildman–Crippen LogP) is 2.31. The van der Waals surface area contributed by atoms with Crippen LogP contribution in [0.3, 0.4) is 0 Å². The first-order chi connectivity index (χ1) is 7.29. The van der Waals surface area contributed by atoms with Crippen molar-refractivity contribution in [3.8, 4) is 0 Å². The molecule has 0 aromatic carbocycles. The average Bonchev–Trinajstić information content (AvgIpc) is 2.56. The van der Waals surface area contributed by atoms with Crippen LogP contribution in [0.2, 0.25) is 5.28 Å². The van der Waals surface area contributed by atoms with Gasteiger partial charge in [0.15, 0.2) is 0 Å². The van der Waals surface area contributed by atoms with Crippen LogP contribution >= 0.6 is 11.6 Å². The number of rotatable bonds is 7. The van der Waals surface area contributed by atoms with E-state index in [0.717, 1.165) is 44.8 Å². The third-order valence-corrected chi connectivity index (χ3v) is 2.41. The van der Waals surface area contributed by atoms with E-state index in [4.69, 9.17) is 16.3 Å². The zero-order chi connectivity index (χ0) is 11.1. The second-order valence-electron chi connectivity index (χ2n) is 3.34. The minimum Gasteiger partial charge on any atom is -0.382 e. The van der Waals surface area contributed by atoms with Crippen LogP contribution in [0.15, 0.2) is 0 Å². The van der Waals surface area contributed by atoms with E-state index in [9.17, 15) is 0 Å². The standard InChI is InChI=1S/C10H18ClN3O/c1-3-6-9-12-13-10(11)14(9)7-5-8-15-4-2/h3-8H2,1-2H3. The van der Waals surface area contributed by atoms with Crippen molar-refractivity contribution in [2.75, 3.05) is 13.2 Å². The lowest BCUT2D eigenvalue weighted by atomic mass is 10.3. The molecule has 15 heavy (non-hydrogen) atoms. The molecule has 0 unspecified atom stereocenters. The Morgan fingerprint density at radius 3 is 2.80 bits per heavy atom. The van der Waals surface area contributed by atoms with Gasteiger partial charge in [0.25, 0.3) is 0 Å². The van der Waals surface area contributed by atoms with E-state index in [1.165, 1.54) is 0 Å². The van der Waals surface area contributed by atoms with Gasteiger partial charge in [-0.3, -0.25) is 0 Å². The van der Waals surface area contributed by atoms with E-state index in [2.05, 4.69) is 17.1 Å².